The summed E-state index contributed by atoms with van der Waals surface area (Å²) in [5.41, 5.74) is 3.75. The van der Waals surface area contributed by atoms with Crippen LogP contribution in [-0.2, 0) is 4.79 Å². The van der Waals surface area contributed by atoms with Crippen molar-refractivity contribution in [2.45, 2.75) is 12.1 Å². The molecule has 0 radical (unpaired) electrons. The molecule has 28 heavy (non-hydrogen) atoms. The largest absolute Gasteiger partial charge is 0.301 e. The predicted molar refractivity (Wildman–Crippen MR) is 113 cm³/mol. The van der Waals surface area contributed by atoms with E-state index in [4.69, 9.17) is 0 Å². The van der Waals surface area contributed by atoms with Crippen LogP contribution in [0.5, 0.6) is 0 Å². The van der Waals surface area contributed by atoms with Crippen molar-refractivity contribution in [3.8, 4) is 17.1 Å². The van der Waals surface area contributed by atoms with Crippen LogP contribution in [0.2, 0.25) is 0 Å². The molecule has 0 spiro atoms. The SMILES string of the molecule is Cc1ccccc1-n1ccnc1SCC(=O)Nc1nc(-c2ccccn2)cs1. The molecule has 0 atom stereocenters. The average molecular weight is 408 g/mol. The number of thiazole rings is 1. The third kappa shape index (κ3) is 4.13. The van der Waals surface area contributed by atoms with Gasteiger partial charge in [-0.15, -0.1) is 11.3 Å². The van der Waals surface area contributed by atoms with E-state index in [1.807, 2.05) is 52.5 Å². The number of aryl methyl sites for hydroxylation is 1. The Labute approximate surface area is 170 Å². The molecule has 3 heterocycles. The van der Waals surface area contributed by atoms with Gasteiger partial charge >= 0.3 is 0 Å². The number of hydrogen-bond donors (Lipinski definition) is 1. The highest BCUT2D eigenvalue weighted by atomic mass is 32.2. The average Bonchev–Trinajstić information content (AvgIpc) is 3.37. The standard InChI is InChI=1S/C20H17N5OS2/c1-14-6-2-3-8-17(14)25-11-10-22-20(25)28-13-18(26)24-19-23-16(12-27-19)15-7-4-5-9-21-15/h2-12H,13H2,1H3,(H,23,24,26). The third-order valence-electron chi connectivity index (χ3n) is 3.99. The monoisotopic (exact) mass is 407 g/mol. The lowest BCUT2D eigenvalue weighted by Gasteiger charge is -2.10. The number of nitrogens with zero attached hydrogens (tertiary/aromatic N) is 4. The van der Waals surface area contributed by atoms with E-state index in [9.17, 15) is 4.79 Å². The van der Waals surface area contributed by atoms with Crippen LogP contribution in [0, 0.1) is 6.92 Å². The van der Waals surface area contributed by atoms with Gasteiger partial charge in [-0.05, 0) is 30.7 Å². The van der Waals surface area contributed by atoms with Crippen LogP contribution >= 0.6 is 23.1 Å². The van der Waals surface area contributed by atoms with Crippen LogP contribution in [0.25, 0.3) is 17.1 Å². The number of para-hydroxylation sites is 1. The maximum atomic E-state index is 12.4. The summed E-state index contributed by atoms with van der Waals surface area (Å²) in [5.74, 6) is 0.132. The van der Waals surface area contributed by atoms with Crippen molar-refractivity contribution in [3.05, 3.63) is 72.0 Å². The molecule has 0 unspecified atom stereocenters. The summed E-state index contributed by atoms with van der Waals surface area (Å²) >= 11 is 2.78. The van der Waals surface area contributed by atoms with E-state index < -0.39 is 0 Å². The predicted octanol–water partition coefficient (Wildman–Crippen LogP) is 4.43. The first-order valence-corrected chi connectivity index (χ1v) is 10.5. The van der Waals surface area contributed by atoms with Gasteiger partial charge in [0.05, 0.1) is 17.1 Å². The number of benzene rings is 1. The van der Waals surface area contributed by atoms with Crippen molar-refractivity contribution in [1.82, 2.24) is 19.5 Å². The minimum absolute atomic E-state index is 0.119. The van der Waals surface area contributed by atoms with Crippen molar-refractivity contribution >= 4 is 34.1 Å². The lowest BCUT2D eigenvalue weighted by Crippen LogP contribution is -2.14. The van der Waals surface area contributed by atoms with E-state index in [-0.39, 0.29) is 11.7 Å². The van der Waals surface area contributed by atoms with Crippen molar-refractivity contribution in [3.63, 3.8) is 0 Å². The van der Waals surface area contributed by atoms with Crippen molar-refractivity contribution < 1.29 is 4.79 Å². The zero-order valence-electron chi connectivity index (χ0n) is 15.1. The molecule has 4 rings (SSSR count). The molecule has 1 N–H and O–H groups in total. The van der Waals surface area contributed by atoms with Gasteiger partial charge < -0.3 is 5.32 Å². The Morgan fingerprint density at radius 2 is 1.96 bits per heavy atom. The second-order valence-corrected chi connectivity index (χ2v) is 7.76. The van der Waals surface area contributed by atoms with Crippen LogP contribution in [0.1, 0.15) is 5.56 Å². The number of aromatic nitrogens is 4. The molecule has 1 aromatic carbocycles. The van der Waals surface area contributed by atoms with E-state index in [1.165, 1.54) is 23.1 Å². The number of nitrogens with one attached hydrogen (secondary N) is 1. The molecule has 8 heteroatoms. The van der Waals surface area contributed by atoms with Crippen molar-refractivity contribution in [1.29, 1.82) is 0 Å². The lowest BCUT2D eigenvalue weighted by atomic mass is 10.2. The number of carbonyl (C=O) groups excluding carboxylic acids is 1. The number of amides is 1. The van der Waals surface area contributed by atoms with E-state index in [2.05, 4.69) is 33.3 Å². The highest BCUT2D eigenvalue weighted by Gasteiger charge is 2.12. The minimum Gasteiger partial charge on any atom is -0.301 e. The first-order valence-electron chi connectivity index (χ1n) is 8.59. The maximum Gasteiger partial charge on any atom is 0.236 e. The summed E-state index contributed by atoms with van der Waals surface area (Å²) in [7, 11) is 0. The molecule has 140 valence electrons. The molecule has 0 aliphatic rings. The fourth-order valence-electron chi connectivity index (χ4n) is 2.66. The van der Waals surface area contributed by atoms with E-state index in [0.29, 0.717) is 5.13 Å². The number of pyridine rings is 1. The van der Waals surface area contributed by atoms with Gasteiger partial charge in [0.2, 0.25) is 5.91 Å². The summed E-state index contributed by atoms with van der Waals surface area (Å²) in [4.78, 5) is 25.4. The van der Waals surface area contributed by atoms with Gasteiger partial charge in [-0.2, -0.15) is 0 Å². The number of carbonyl (C=O) groups is 1. The second-order valence-electron chi connectivity index (χ2n) is 5.96. The smallest absolute Gasteiger partial charge is 0.236 e. The molecular formula is C20H17N5OS2. The summed E-state index contributed by atoms with van der Waals surface area (Å²) in [6.07, 6.45) is 5.37. The number of hydrogen-bond acceptors (Lipinski definition) is 6. The normalized spacial score (nSPS) is 10.8. The maximum absolute atomic E-state index is 12.4. The Kier molecular flexibility index (Phi) is 5.50. The molecule has 0 bridgehead atoms. The summed E-state index contributed by atoms with van der Waals surface area (Å²) < 4.78 is 2.00. The Balaban J connectivity index is 1.39. The number of anilines is 1. The first kappa shape index (κ1) is 18.4. The minimum atomic E-state index is -0.119. The van der Waals surface area contributed by atoms with E-state index >= 15 is 0 Å². The summed E-state index contributed by atoms with van der Waals surface area (Å²) in [5, 5.41) is 6.07. The Hall–Kier alpha value is -2.97. The fourth-order valence-corrected chi connectivity index (χ4v) is 4.15. The van der Waals surface area contributed by atoms with Crippen LogP contribution in [0.4, 0.5) is 5.13 Å². The van der Waals surface area contributed by atoms with Gasteiger partial charge in [0.25, 0.3) is 0 Å². The molecular weight excluding hydrogens is 390 g/mol. The molecule has 0 saturated heterocycles. The fraction of sp³-hybridized carbons (Fsp3) is 0.100. The number of thioether (sulfide) groups is 1. The molecule has 0 saturated carbocycles. The molecule has 6 nitrogen and oxygen atoms in total. The third-order valence-corrected chi connectivity index (χ3v) is 5.72. The summed E-state index contributed by atoms with van der Waals surface area (Å²) in [6.45, 7) is 2.05. The van der Waals surface area contributed by atoms with Crippen molar-refractivity contribution in [2.75, 3.05) is 11.1 Å². The lowest BCUT2D eigenvalue weighted by molar-refractivity contribution is -0.113. The first-order chi connectivity index (χ1) is 13.7. The zero-order chi connectivity index (χ0) is 19.3. The van der Waals surface area contributed by atoms with Crippen LogP contribution in [0.3, 0.4) is 0 Å². The van der Waals surface area contributed by atoms with E-state index in [0.717, 1.165) is 27.8 Å². The molecule has 0 aliphatic carbocycles. The van der Waals surface area contributed by atoms with Crippen LogP contribution < -0.4 is 5.32 Å². The Morgan fingerprint density at radius 1 is 1.11 bits per heavy atom. The molecule has 4 aromatic rings. The molecule has 0 aliphatic heterocycles. The molecule has 1 amide bonds. The van der Waals surface area contributed by atoms with Crippen molar-refractivity contribution in [2.24, 2.45) is 0 Å². The van der Waals surface area contributed by atoms with Gasteiger partial charge in [-0.25, -0.2) is 9.97 Å². The number of rotatable bonds is 6. The van der Waals surface area contributed by atoms with Gasteiger partial charge in [0.15, 0.2) is 10.3 Å². The second kappa shape index (κ2) is 8.37. The molecule has 0 fully saturated rings. The Bertz CT molecular complexity index is 1090. The summed E-state index contributed by atoms with van der Waals surface area (Å²) in [6, 6.07) is 13.7. The van der Waals surface area contributed by atoms with Crippen LogP contribution in [-0.4, -0.2) is 31.2 Å². The zero-order valence-corrected chi connectivity index (χ0v) is 16.7. The highest BCUT2D eigenvalue weighted by Crippen LogP contribution is 2.25. The Morgan fingerprint density at radius 3 is 2.79 bits per heavy atom. The van der Waals surface area contributed by atoms with Gasteiger partial charge in [0, 0.05) is 24.0 Å². The van der Waals surface area contributed by atoms with Gasteiger partial charge in [0.1, 0.15) is 5.69 Å². The molecule has 3 aromatic heterocycles. The van der Waals surface area contributed by atoms with Crippen LogP contribution in [0.15, 0.2) is 71.6 Å². The topological polar surface area (TPSA) is 72.7 Å². The van der Waals surface area contributed by atoms with E-state index in [1.54, 1.807) is 12.4 Å². The highest BCUT2D eigenvalue weighted by molar-refractivity contribution is 7.99. The van der Waals surface area contributed by atoms with Gasteiger partial charge in [-0.1, -0.05) is 36.0 Å². The number of imidazole rings is 1. The quantitative estimate of drug-likeness (QED) is 0.479. The van der Waals surface area contributed by atoms with Gasteiger partial charge in [-0.3, -0.25) is 14.3 Å².